The Balaban J connectivity index is 1.74. The SMILES string of the molecule is Cc1ccc(NC(=O)c2ccc(Cn3ccccc3=O)o2)c(F)c1. The van der Waals surface area contributed by atoms with Crippen LogP contribution in [-0.2, 0) is 6.54 Å². The van der Waals surface area contributed by atoms with Crippen molar-refractivity contribution in [1.82, 2.24) is 4.57 Å². The van der Waals surface area contributed by atoms with Crippen molar-refractivity contribution < 1.29 is 13.6 Å². The Morgan fingerprint density at radius 1 is 1.21 bits per heavy atom. The number of nitrogens with zero attached hydrogens (tertiary/aromatic N) is 1. The molecule has 6 heteroatoms. The van der Waals surface area contributed by atoms with Crippen LogP contribution in [0.25, 0.3) is 0 Å². The molecule has 2 aromatic heterocycles. The predicted octanol–water partition coefficient (Wildman–Crippen LogP) is 3.19. The fraction of sp³-hybridized carbons (Fsp3) is 0.111. The molecule has 0 aliphatic heterocycles. The number of amides is 1. The molecule has 1 aromatic carbocycles. The van der Waals surface area contributed by atoms with Crippen LogP contribution >= 0.6 is 0 Å². The van der Waals surface area contributed by atoms with Gasteiger partial charge >= 0.3 is 0 Å². The van der Waals surface area contributed by atoms with Crippen LogP contribution in [0.5, 0.6) is 0 Å². The second-order valence-corrected chi connectivity index (χ2v) is 5.37. The molecule has 0 bridgehead atoms. The zero-order valence-corrected chi connectivity index (χ0v) is 13.0. The largest absolute Gasteiger partial charge is 0.454 e. The lowest BCUT2D eigenvalue weighted by Gasteiger charge is -2.05. The minimum atomic E-state index is -0.551. The van der Waals surface area contributed by atoms with E-state index >= 15 is 0 Å². The summed E-state index contributed by atoms with van der Waals surface area (Å²) in [5.74, 6) is -0.554. The third-order valence-corrected chi connectivity index (χ3v) is 3.48. The van der Waals surface area contributed by atoms with Crippen molar-refractivity contribution >= 4 is 11.6 Å². The highest BCUT2D eigenvalue weighted by molar-refractivity contribution is 6.02. The highest BCUT2D eigenvalue weighted by Crippen LogP contribution is 2.17. The number of hydrogen-bond acceptors (Lipinski definition) is 3. The lowest BCUT2D eigenvalue weighted by molar-refractivity contribution is 0.0994. The van der Waals surface area contributed by atoms with Crippen LogP contribution in [-0.4, -0.2) is 10.5 Å². The second-order valence-electron chi connectivity index (χ2n) is 5.37. The minimum absolute atomic E-state index is 0.0500. The summed E-state index contributed by atoms with van der Waals surface area (Å²) in [6, 6.07) is 12.5. The highest BCUT2D eigenvalue weighted by Gasteiger charge is 2.14. The molecule has 0 saturated heterocycles. The van der Waals surface area contributed by atoms with Gasteiger partial charge in [-0.3, -0.25) is 9.59 Å². The van der Waals surface area contributed by atoms with E-state index in [-0.39, 0.29) is 23.6 Å². The number of rotatable bonds is 4. The van der Waals surface area contributed by atoms with Crippen LogP contribution in [0.3, 0.4) is 0 Å². The molecule has 0 aliphatic rings. The molecule has 1 N–H and O–H groups in total. The Bertz CT molecular complexity index is 943. The fourth-order valence-corrected chi connectivity index (χ4v) is 2.25. The molecular weight excluding hydrogens is 311 g/mol. The summed E-state index contributed by atoms with van der Waals surface area (Å²) >= 11 is 0. The number of nitrogens with one attached hydrogen (secondary N) is 1. The van der Waals surface area contributed by atoms with Gasteiger partial charge in [0.15, 0.2) is 5.76 Å². The van der Waals surface area contributed by atoms with Gasteiger partial charge in [-0.25, -0.2) is 4.39 Å². The molecule has 122 valence electrons. The Morgan fingerprint density at radius 2 is 2.04 bits per heavy atom. The maximum absolute atomic E-state index is 13.8. The molecule has 1 amide bonds. The summed E-state index contributed by atoms with van der Waals surface area (Å²) in [7, 11) is 0. The van der Waals surface area contributed by atoms with Crippen LogP contribution < -0.4 is 10.9 Å². The lowest BCUT2D eigenvalue weighted by Crippen LogP contribution is -2.18. The number of benzene rings is 1. The number of pyridine rings is 1. The molecule has 3 rings (SSSR count). The Kier molecular flexibility index (Phi) is 4.29. The van der Waals surface area contributed by atoms with Crippen molar-refractivity contribution in [1.29, 1.82) is 0 Å². The lowest BCUT2D eigenvalue weighted by atomic mass is 10.2. The van der Waals surface area contributed by atoms with E-state index in [1.54, 1.807) is 37.4 Å². The van der Waals surface area contributed by atoms with Crippen molar-refractivity contribution in [3.63, 3.8) is 0 Å². The van der Waals surface area contributed by atoms with Gasteiger partial charge in [-0.1, -0.05) is 12.1 Å². The first-order chi connectivity index (χ1) is 11.5. The molecule has 2 heterocycles. The van der Waals surface area contributed by atoms with Gasteiger partial charge in [0.05, 0.1) is 12.2 Å². The van der Waals surface area contributed by atoms with Crippen LogP contribution in [0.2, 0.25) is 0 Å². The Labute approximate surface area is 137 Å². The normalized spacial score (nSPS) is 10.6. The number of anilines is 1. The van der Waals surface area contributed by atoms with Gasteiger partial charge < -0.3 is 14.3 Å². The fourth-order valence-electron chi connectivity index (χ4n) is 2.25. The maximum atomic E-state index is 13.8. The average Bonchev–Trinajstić information content (AvgIpc) is 3.01. The first-order valence-corrected chi connectivity index (χ1v) is 7.34. The minimum Gasteiger partial charge on any atom is -0.454 e. The number of aromatic nitrogens is 1. The van der Waals surface area contributed by atoms with Crippen LogP contribution in [0, 0.1) is 12.7 Å². The van der Waals surface area contributed by atoms with Crippen LogP contribution in [0.1, 0.15) is 21.9 Å². The van der Waals surface area contributed by atoms with Gasteiger partial charge in [0.25, 0.3) is 11.5 Å². The van der Waals surface area contributed by atoms with Gasteiger partial charge in [0.1, 0.15) is 11.6 Å². The number of aryl methyl sites for hydroxylation is 1. The second kappa shape index (κ2) is 6.54. The topological polar surface area (TPSA) is 64.2 Å². The quantitative estimate of drug-likeness (QED) is 0.801. The molecule has 0 spiro atoms. The molecule has 0 atom stereocenters. The standard InChI is InChI=1S/C18H15FN2O3/c1-12-5-7-15(14(19)10-12)20-18(23)16-8-6-13(24-16)11-21-9-3-2-4-17(21)22/h2-10H,11H2,1H3,(H,20,23). The summed E-state index contributed by atoms with van der Waals surface area (Å²) in [4.78, 5) is 23.8. The predicted molar refractivity (Wildman–Crippen MR) is 87.6 cm³/mol. The Morgan fingerprint density at radius 3 is 2.79 bits per heavy atom. The number of hydrogen-bond donors (Lipinski definition) is 1. The molecule has 24 heavy (non-hydrogen) atoms. The number of furan rings is 1. The van der Waals surface area contributed by atoms with Crippen molar-refractivity contribution in [2.45, 2.75) is 13.5 Å². The van der Waals surface area contributed by atoms with Crippen LogP contribution in [0.4, 0.5) is 10.1 Å². The summed E-state index contributed by atoms with van der Waals surface area (Å²) < 4.78 is 20.7. The van der Waals surface area contributed by atoms with Crippen molar-refractivity contribution in [3.05, 3.63) is 88.0 Å². The van der Waals surface area contributed by atoms with E-state index in [1.807, 2.05) is 0 Å². The van der Waals surface area contributed by atoms with Crippen LogP contribution in [0.15, 0.2) is 63.9 Å². The summed E-state index contributed by atoms with van der Waals surface area (Å²) in [6.45, 7) is 1.98. The van der Waals surface area contributed by atoms with E-state index < -0.39 is 11.7 Å². The van der Waals surface area contributed by atoms with E-state index in [4.69, 9.17) is 4.42 Å². The summed E-state index contributed by atoms with van der Waals surface area (Å²) in [6.07, 6.45) is 1.63. The van der Waals surface area contributed by atoms with E-state index in [0.717, 1.165) is 5.56 Å². The number of halogens is 1. The molecular formula is C18H15FN2O3. The average molecular weight is 326 g/mol. The van der Waals surface area contributed by atoms with Gasteiger partial charge in [0.2, 0.25) is 0 Å². The third-order valence-electron chi connectivity index (χ3n) is 3.48. The molecule has 0 aliphatic carbocycles. The van der Waals surface area contributed by atoms with E-state index in [9.17, 15) is 14.0 Å². The molecule has 0 saturated carbocycles. The van der Waals surface area contributed by atoms with E-state index in [1.165, 1.54) is 28.8 Å². The molecule has 0 unspecified atom stereocenters. The third kappa shape index (κ3) is 3.43. The van der Waals surface area contributed by atoms with E-state index in [2.05, 4.69) is 5.32 Å². The Hall–Kier alpha value is -3.15. The number of carbonyl (C=O) groups is 1. The zero-order valence-electron chi connectivity index (χ0n) is 13.0. The number of carbonyl (C=O) groups excluding carboxylic acids is 1. The van der Waals surface area contributed by atoms with Crippen molar-refractivity contribution in [3.8, 4) is 0 Å². The smallest absolute Gasteiger partial charge is 0.291 e. The zero-order chi connectivity index (χ0) is 17.1. The van der Waals surface area contributed by atoms with Crippen molar-refractivity contribution in [2.75, 3.05) is 5.32 Å². The van der Waals surface area contributed by atoms with Crippen molar-refractivity contribution in [2.24, 2.45) is 0 Å². The molecule has 5 nitrogen and oxygen atoms in total. The van der Waals surface area contributed by atoms with Gasteiger partial charge in [-0.2, -0.15) is 0 Å². The summed E-state index contributed by atoms with van der Waals surface area (Å²) in [5, 5.41) is 2.47. The van der Waals surface area contributed by atoms with Gasteiger partial charge in [-0.15, -0.1) is 0 Å². The molecule has 3 aromatic rings. The van der Waals surface area contributed by atoms with Gasteiger partial charge in [0, 0.05) is 12.3 Å². The molecule has 0 fully saturated rings. The monoisotopic (exact) mass is 326 g/mol. The maximum Gasteiger partial charge on any atom is 0.291 e. The van der Waals surface area contributed by atoms with E-state index in [0.29, 0.717) is 5.76 Å². The summed E-state index contributed by atoms with van der Waals surface area (Å²) in [5.41, 5.74) is 0.684. The highest BCUT2D eigenvalue weighted by atomic mass is 19.1. The molecule has 0 radical (unpaired) electrons. The first kappa shape index (κ1) is 15.7. The van der Waals surface area contributed by atoms with Gasteiger partial charge in [-0.05, 0) is 42.8 Å². The first-order valence-electron chi connectivity index (χ1n) is 7.34.